The summed E-state index contributed by atoms with van der Waals surface area (Å²) in [6, 6.07) is 2.31. The molecule has 0 unspecified atom stereocenters. The molecule has 0 fully saturated rings. The van der Waals surface area contributed by atoms with Gasteiger partial charge in [0.05, 0.1) is 11.6 Å². The Hall–Kier alpha value is -1.50. The molecule has 0 spiro atoms. The summed E-state index contributed by atoms with van der Waals surface area (Å²) >= 11 is 0. The highest BCUT2D eigenvalue weighted by molar-refractivity contribution is 5.39. The number of halogens is 3. The highest BCUT2D eigenvalue weighted by Crippen LogP contribution is 2.19. The van der Waals surface area contributed by atoms with E-state index in [0.717, 1.165) is 0 Å². The van der Waals surface area contributed by atoms with Crippen molar-refractivity contribution in [1.29, 1.82) is 5.26 Å². The molecular weight excluding hydrogens is 179 g/mol. The summed E-state index contributed by atoms with van der Waals surface area (Å²) in [5, 5.41) is 8.48. The maximum absolute atomic E-state index is 12.9. The van der Waals surface area contributed by atoms with Gasteiger partial charge in [-0.1, -0.05) is 6.92 Å². The Morgan fingerprint density at radius 1 is 1.31 bits per heavy atom. The van der Waals surface area contributed by atoms with Crippen LogP contribution < -0.4 is 0 Å². The Kier molecular flexibility index (Phi) is 2.57. The number of hydrogen-bond acceptors (Lipinski definition) is 1. The Morgan fingerprint density at radius 3 is 2.38 bits per heavy atom. The summed E-state index contributed by atoms with van der Waals surface area (Å²) in [6.07, 6.45) is 0.159. The van der Waals surface area contributed by atoms with Gasteiger partial charge < -0.3 is 0 Å². The van der Waals surface area contributed by atoms with E-state index in [1.54, 1.807) is 13.0 Å². The lowest BCUT2D eigenvalue weighted by Crippen LogP contribution is -2.00. The van der Waals surface area contributed by atoms with E-state index in [-0.39, 0.29) is 17.5 Å². The number of nitrogens with zero attached hydrogens (tertiary/aromatic N) is 1. The second-order valence-corrected chi connectivity index (χ2v) is 2.48. The number of nitriles is 1. The van der Waals surface area contributed by atoms with E-state index < -0.39 is 17.5 Å². The third-order valence-electron chi connectivity index (χ3n) is 1.74. The third-order valence-corrected chi connectivity index (χ3v) is 1.74. The van der Waals surface area contributed by atoms with Crippen molar-refractivity contribution >= 4 is 0 Å². The predicted molar refractivity (Wildman–Crippen MR) is 40.4 cm³/mol. The second kappa shape index (κ2) is 3.48. The standard InChI is InChI=1S/C9H6F3N/c1-2-6-5(4-13)3-7(10)9(12)8(6)11/h3H,2H2,1H3. The molecule has 0 bridgehead atoms. The minimum Gasteiger partial charge on any atom is -0.204 e. The maximum atomic E-state index is 12.9. The zero-order valence-electron chi connectivity index (χ0n) is 6.87. The molecule has 0 aliphatic heterocycles. The van der Waals surface area contributed by atoms with Gasteiger partial charge >= 0.3 is 0 Å². The maximum Gasteiger partial charge on any atom is 0.194 e. The molecular formula is C9H6F3N. The van der Waals surface area contributed by atoms with Crippen LogP contribution >= 0.6 is 0 Å². The van der Waals surface area contributed by atoms with Gasteiger partial charge in [0.2, 0.25) is 0 Å². The molecule has 68 valence electrons. The summed E-state index contributed by atoms with van der Waals surface area (Å²) < 4.78 is 38.2. The van der Waals surface area contributed by atoms with Crippen LogP contribution in [0.4, 0.5) is 13.2 Å². The van der Waals surface area contributed by atoms with Crippen LogP contribution in [0.5, 0.6) is 0 Å². The fourth-order valence-corrected chi connectivity index (χ4v) is 1.08. The van der Waals surface area contributed by atoms with Crippen molar-refractivity contribution in [3.63, 3.8) is 0 Å². The van der Waals surface area contributed by atoms with Gasteiger partial charge in [-0.25, -0.2) is 13.2 Å². The summed E-state index contributed by atoms with van der Waals surface area (Å²) in [4.78, 5) is 0. The first-order valence-corrected chi connectivity index (χ1v) is 3.68. The lowest BCUT2D eigenvalue weighted by molar-refractivity contribution is 0.441. The minimum absolute atomic E-state index is 0.0820. The van der Waals surface area contributed by atoms with Crippen molar-refractivity contribution in [1.82, 2.24) is 0 Å². The average molecular weight is 185 g/mol. The first-order chi connectivity index (χ1) is 6.11. The molecule has 0 saturated heterocycles. The van der Waals surface area contributed by atoms with Crippen molar-refractivity contribution in [3.8, 4) is 6.07 Å². The van der Waals surface area contributed by atoms with Crippen molar-refractivity contribution in [2.75, 3.05) is 0 Å². The molecule has 0 atom stereocenters. The van der Waals surface area contributed by atoms with Gasteiger partial charge in [0, 0.05) is 5.56 Å². The fourth-order valence-electron chi connectivity index (χ4n) is 1.08. The van der Waals surface area contributed by atoms with E-state index in [1.165, 1.54) is 0 Å². The van der Waals surface area contributed by atoms with Gasteiger partial charge in [-0.3, -0.25) is 0 Å². The molecule has 0 radical (unpaired) electrons. The molecule has 13 heavy (non-hydrogen) atoms. The number of hydrogen-bond donors (Lipinski definition) is 0. The molecule has 1 nitrogen and oxygen atoms in total. The molecule has 0 amide bonds. The lowest BCUT2D eigenvalue weighted by atomic mass is 10.1. The molecule has 0 saturated carbocycles. The van der Waals surface area contributed by atoms with Gasteiger partial charge in [0.15, 0.2) is 17.5 Å². The summed E-state index contributed by atoms with van der Waals surface area (Å²) in [6.45, 7) is 1.57. The van der Waals surface area contributed by atoms with Crippen LogP contribution in [0.25, 0.3) is 0 Å². The monoisotopic (exact) mass is 185 g/mol. The summed E-state index contributed by atoms with van der Waals surface area (Å²) in [5.41, 5.74) is -0.236. The van der Waals surface area contributed by atoms with Crippen molar-refractivity contribution in [3.05, 3.63) is 34.6 Å². The largest absolute Gasteiger partial charge is 0.204 e. The average Bonchev–Trinajstić information content (AvgIpc) is 2.13. The Balaban J connectivity index is 3.50. The zero-order valence-corrected chi connectivity index (χ0v) is 6.87. The molecule has 1 aromatic rings. The molecule has 0 N–H and O–H groups in total. The fraction of sp³-hybridized carbons (Fsp3) is 0.222. The van der Waals surface area contributed by atoms with Crippen LogP contribution in [0.15, 0.2) is 6.07 Å². The van der Waals surface area contributed by atoms with E-state index in [2.05, 4.69) is 0 Å². The quantitative estimate of drug-likeness (QED) is 0.617. The molecule has 0 aliphatic rings. The Bertz CT molecular complexity index is 379. The first-order valence-electron chi connectivity index (χ1n) is 3.68. The molecule has 4 heteroatoms. The normalized spacial score (nSPS) is 9.77. The van der Waals surface area contributed by atoms with Gasteiger partial charge in [0.25, 0.3) is 0 Å². The van der Waals surface area contributed by atoms with E-state index in [0.29, 0.717) is 6.07 Å². The predicted octanol–water partition coefficient (Wildman–Crippen LogP) is 2.54. The van der Waals surface area contributed by atoms with Crippen LogP contribution in [-0.4, -0.2) is 0 Å². The van der Waals surface area contributed by atoms with Crippen LogP contribution in [0, 0.1) is 28.8 Å². The third kappa shape index (κ3) is 1.50. The van der Waals surface area contributed by atoms with Crippen LogP contribution in [-0.2, 0) is 6.42 Å². The molecule has 0 heterocycles. The van der Waals surface area contributed by atoms with Crippen LogP contribution in [0.3, 0.4) is 0 Å². The second-order valence-electron chi connectivity index (χ2n) is 2.48. The minimum atomic E-state index is -1.52. The van der Waals surface area contributed by atoms with Gasteiger partial charge in [-0.15, -0.1) is 0 Å². The lowest BCUT2D eigenvalue weighted by Gasteiger charge is -2.03. The van der Waals surface area contributed by atoms with E-state index in [4.69, 9.17) is 5.26 Å². The number of benzene rings is 1. The van der Waals surface area contributed by atoms with Gasteiger partial charge in [0.1, 0.15) is 0 Å². The van der Waals surface area contributed by atoms with Gasteiger partial charge in [-0.05, 0) is 12.5 Å². The molecule has 1 aromatic carbocycles. The van der Waals surface area contributed by atoms with Crippen LogP contribution in [0.2, 0.25) is 0 Å². The highest BCUT2D eigenvalue weighted by Gasteiger charge is 2.16. The molecule has 0 aliphatic carbocycles. The number of rotatable bonds is 1. The first kappa shape index (κ1) is 9.59. The van der Waals surface area contributed by atoms with E-state index >= 15 is 0 Å². The van der Waals surface area contributed by atoms with E-state index in [9.17, 15) is 13.2 Å². The summed E-state index contributed by atoms with van der Waals surface area (Å²) in [5.74, 6) is -4.11. The van der Waals surface area contributed by atoms with Crippen molar-refractivity contribution in [2.45, 2.75) is 13.3 Å². The Labute approximate surface area is 73.4 Å². The molecule has 1 rings (SSSR count). The highest BCUT2D eigenvalue weighted by atomic mass is 19.2. The van der Waals surface area contributed by atoms with Crippen molar-refractivity contribution in [2.24, 2.45) is 0 Å². The zero-order chi connectivity index (χ0) is 10.0. The SMILES string of the molecule is CCc1c(C#N)cc(F)c(F)c1F. The van der Waals surface area contributed by atoms with Gasteiger partial charge in [-0.2, -0.15) is 5.26 Å². The van der Waals surface area contributed by atoms with Crippen molar-refractivity contribution < 1.29 is 13.2 Å². The Morgan fingerprint density at radius 2 is 1.92 bits per heavy atom. The van der Waals surface area contributed by atoms with E-state index in [1.807, 2.05) is 0 Å². The summed E-state index contributed by atoms with van der Waals surface area (Å²) in [7, 11) is 0. The smallest absolute Gasteiger partial charge is 0.194 e. The molecule has 0 aromatic heterocycles. The van der Waals surface area contributed by atoms with Crippen LogP contribution in [0.1, 0.15) is 18.1 Å². The topological polar surface area (TPSA) is 23.8 Å².